The van der Waals surface area contributed by atoms with Gasteiger partial charge >= 0.3 is 0 Å². The van der Waals surface area contributed by atoms with Gasteiger partial charge in [0.25, 0.3) is 0 Å². The minimum Gasteiger partial charge on any atom is -0.314 e. The van der Waals surface area contributed by atoms with Gasteiger partial charge < -0.3 is 5.32 Å². The van der Waals surface area contributed by atoms with Crippen LogP contribution in [0, 0.1) is 12.8 Å². The summed E-state index contributed by atoms with van der Waals surface area (Å²) < 4.78 is 1.94. The zero-order valence-corrected chi connectivity index (χ0v) is 14.4. The van der Waals surface area contributed by atoms with Crippen molar-refractivity contribution in [1.29, 1.82) is 0 Å². The average molecular weight is 316 g/mol. The Bertz CT molecular complexity index is 427. The lowest BCUT2D eigenvalue weighted by Gasteiger charge is -2.27. The van der Waals surface area contributed by atoms with Gasteiger partial charge in [0.1, 0.15) is 0 Å². The van der Waals surface area contributed by atoms with Gasteiger partial charge in [-0.3, -0.25) is 4.68 Å². The number of rotatable bonds is 6. The van der Waals surface area contributed by atoms with Crippen LogP contribution in [-0.2, 0) is 13.5 Å². The Morgan fingerprint density at radius 3 is 2.70 bits per heavy atom. The van der Waals surface area contributed by atoms with Crippen LogP contribution < -0.4 is 5.32 Å². The van der Waals surface area contributed by atoms with Crippen LogP contribution in [-0.4, -0.2) is 33.9 Å². The summed E-state index contributed by atoms with van der Waals surface area (Å²) in [6.07, 6.45) is 4.97. The van der Waals surface area contributed by atoms with Crippen LogP contribution in [0.4, 0.5) is 0 Å². The van der Waals surface area contributed by atoms with Crippen molar-refractivity contribution in [2.75, 3.05) is 18.1 Å². The molecule has 0 aromatic carbocycles. The Labute approximate surface area is 131 Å². The van der Waals surface area contributed by atoms with Crippen molar-refractivity contribution in [2.24, 2.45) is 13.0 Å². The summed E-state index contributed by atoms with van der Waals surface area (Å²) in [5, 5.41) is 8.90. The standard InChI is InChI=1S/C15H26ClN3S/c1-4-17-13(9-12-5-7-20-8-6-12)10-14-15(16)11(2)18-19(14)3/h12-13,17H,4-10H2,1-3H3. The van der Waals surface area contributed by atoms with Crippen molar-refractivity contribution in [3.05, 3.63) is 16.4 Å². The molecule has 1 N–H and O–H groups in total. The van der Waals surface area contributed by atoms with E-state index in [4.69, 9.17) is 11.6 Å². The molecule has 1 aliphatic heterocycles. The first kappa shape index (κ1) is 16.2. The minimum absolute atomic E-state index is 0.514. The molecule has 3 nitrogen and oxygen atoms in total. The first-order chi connectivity index (χ1) is 9.61. The molecule has 0 amide bonds. The van der Waals surface area contributed by atoms with Crippen LogP contribution in [0.1, 0.15) is 37.6 Å². The van der Waals surface area contributed by atoms with E-state index in [2.05, 4.69) is 29.1 Å². The molecule has 1 aromatic heterocycles. The van der Waals surface area contributed by atoms with Gasteiger partial charge in [-0.25, -0.2) is 0 Å². The SMILES string of the molecule is CCNC(Cc1c(Cl)c(C)nn1C)CC1CCSCC1. The Hall–Kier alpha value is -0.190. The van der Waals surface area contributed by atoms with Crippen molar-refractivity contribution in [1.82, 2.24) is 15.1 Å². The lowest BCUT2D eigenvalue weighted by molar-refractivity contribution is 0.362. The van der Waals surface area contributed by atoms with E-state index in [-0.39, 0.29) is 0 Å². The van der Waals surface area contributed by atoms with E-state index in [0.29, 0.717) is 6.04 Å². The molecule has 0 saturated carbocycles. The second-order valence-electron chi connectivity index (χ2n) is 5.72. The Morgan fingerprint density at radius 2 is 2.15 bits per heavy atom. The predicted molar refractivity (Wildman–Crippen MR) is 88.8 cm³/mol. The van der Waals surface area contributed by atoms with Gasteiger partial charge in [0.2, 0.25) is 0 Å². The number of nitrogens with one attached hydrogen (secondary N) is 1. The minimum atomic E-state index is 0.514. The molecule has 1 saturated heterocycles. The largest absolute Gasteiger partial charge is 0.314 e. The quantitative estimate of drug-likeness (QED) is 0.872. The Morgan fingerprint density at radius 1 is 1.45 bits per heavy atom. The number of halogens is 1. The van der Waals surface area contributed by atoms with Gasteiger partial charge in [0.15, 0.2) is 0 Å². The van der Waals surface area contributed by atoms with Crippen LogP contribution in [0.3, 0.4) is 0 Å². The van der Waals surface area contributed by atoms with Crippen molar-refractivity contribution in [3.63, 3.8) is 0 Å². The molecule has 0 bridgehead atoms. The van der Waals surface area contributed by atoms with Crippen LogP contribution in [0.2, 0.25) is 5.02 Å². The maximum absolute atomic E-state index is 6.39. The zero-order valence-electron chi connectivity index (χ0n) is 12.8. The molecule has 2 rings (SSSR count). The fourth-order valence-corrected chi connectivity index (χ4v) is 4.49. The second-order valence-corrected chi connectivity index (χ2v) is 7.32. The summed E-state index contributed by atoms with van der Waals surface area (Å²) in [5.74, 6) is 3.53. The highest BCUT2D eigenvalue weighted by Crippen LogP contribution is 2.28. The van der Waals surface area contributed by atoms with Crippen LogP contribution in [0.5, 0.6) is 0 Å². The van der Waals surface area contributed by atoms with Gasteiger partial charge in [0.05, 0.1) is 16.4 Å². The van der Waals surface area contributed by atoms with Crippen LogP contribution in [0.15, 0.2) is 0 Å². The monoisotopic (exact) mass is 315 g/mol. The summed E-state index contributed by atoms with van der Waals surface area (Å²) in [6.45, 7) is 5.17. The second kappa shape index (κ2) is 7.71. The molecule has 114 valence electrons. The highest BCUT2D eigenvalue weighted by Gasteiger charge is 2.21. The van der Waals surface area contributed by atoms with E-state index in [9.17, 15) is 0 Å². The maximum Gasteiger partial charge on any atom is 0.0847 e. The highest BCUT2D eigenvalue weighted by molar-refractivity contribution is 7.99. The van der Waals surface area contributed by atoms with Crippen molar-refractivity contribution < 1.29 is 0 Å². The third-order valence-electron chi connectivity index (χ3n) is 4.15. The van der Waals surface area contributed by atoms with E-state index in [1.165, 1.54) is 36.5 Å². The van der Waals surface area contributed by atoms with Crippen molar-refractivity contribution in [3.8, 4) is 0 Å². The molecule has 1 fully saturated rings. The van der Waals surface area contributed by atoms with E-state index in [1.807, 2.05) is 18.7 Å². The highest BCUT2D eigenvalue weighted by atomic mass is 35.5. The van der Waals surface area contributed by atoms with Crippen molar-refractivity contribution >= 4 is 23.4 Å². The van der Waals surface area contributed by atoms with Gasteiger partial charge in [0, 0.05) is 19.5 Å². The number of nitrogens with zero attached hydrogens (tertiary/aromatic N) is 2. The number of aromatic nitrogens is 2. The lowest BCUT2D eigenvalue weighted by Crippen LogP contribution is -2.34. The lowest BCUT2D eigenvalue weighted by atomic mass is 9.92. The van der Waals surface area contributed by atoms with E-state index in [1.54, 1.807) is 0 Å². The molecule has 1 atom stereocenters. The van der Waals surface area contributed by atoms with Gasteiger partial charge in [-0.1, -0.05) is 18.5 Å². The molecular weight excluding hydrogens is 290 g/mol. The third kappa shape index (κ3) is 4.15. The smallest absolute Gasteiger partial charge is 0.0847 e. The zero-order chi connectivity index (χ0) is 14.5. The third-order valence-corrected chi connectivity index (χ3v) is 5.69. The fraction of sp³-hybridized carbons (Fsp3) is 0.800. The molecule has 1 aliphatic rings. The molecule has 0 spiro atoms. The molecule has 0 aliphatic carbocycles. The van der Waals surface area contributed by atoms with Crippen molar-refractivity contribution in [2.45, 2.75) is 45.6 Å². The van der Waals surface area contributed by atoms with Crippen LogP contribution in [0.25, 0.3) is 0 Å². The van der Waals surface area contributed by atoms with Gasteiger partial charge in [-0.15, -0.1) is 0 Å². The Kier molecular flexibility index (Phi) is 6.24. The number of hydrogen-bond donors (Lipinski definition) is 1. The van der Waals surface area contributed by atoms with Gasteiger partial charge in [-0.05, 0) is 50.2 Å². The predicted octanol–water partition coefficient (Wildman–Crippen LogP) is 3.44. The number of aryl methyl sites for hydroxylation is 2. The summed E-state index contributed by atoms with van der Waals surface area (Å²) in [4.78, 5) is 0. The molecule has 5 heteroatoms. The summed E-state index contributed by atoms with van der Waals surface area (Å²) >= 11 is 8.48. The Balaban J connectivity index is 2.00. The fourth-order valence-electron chi connectivity index (χ4n) is 3.05. The maximum atomic E-state index is 6.39. The molecular formula is C15H26ClN3S. The van der Waals surface area contributed by atoms with E-state index in [0.717, 1.165) is 29.6 Å². The first-order valence-corrected chi connectivity index (χ1v) is 9.14. The normalized spacial score (nSPS) is 18.4. The topological polar surface area (TPSA) is 29.9 Å². The molecule has 20 heavy (non-hydrogen) atoms. The number of thioether (sulfide) groups is 1. The molecule has 0 radical (unpaired) electrons. The molecule has 2 heterocycles. The van der Waals surface area contributed by atoms with Crippen LogP contribution >= 0.6 is 23.4 Å². The molecule has 1 aromatic rings. The first-order valence-electron chi connectivity index (χ1n) is 7.60. The van der Waals surface area contributed by atoms with Gasteiger partial charge in [-0.2, -0.15) is 16.9 Å². The van der Waals surface area contributed by atoms with E-state index < -0.39 is 0 Å². The number of hydrogen-bond acceptors (Lipinski definition) is 3. The number of likely N-dealkylation sites (N-methyl/N-ethyl adjacent to an activating group) is 1. The molecule has 1 unspecified atom stereocenters. The summed E-state index contributed by atoms with van der Waals surface area (Å²) in [5.41, 5.74) is 2.11. The van der Waals surface area contributed by atoms with E-state index >= 15 is 0 Å². The average Bonchev–Trinajstić information content (AvgIpc) is 2.67. The summed E-state index contributed by atoms with van der Waals surface area (Å²) in [7, 11) is 1.99. The summed E-state index contributed by atoms with van der Waals surface area (Å²) in [6, 6.07) is 0.514.